The van der Waals surface area contributed by atoms with E-state index < -0.39 is 23.1 Å². The van der Waals surface area contributed by atoms with Crippen molar-refractivity contribution >= 4 is 45.3 Å². The Morgan fingerprint density at radius 1 is 1.03 bits per heavy atom. The van der Waals surface area contributed by atoms with Gasteiger partial charge in [0.25, 0.3) is 5.56 Å². The van der Waals surface area contributed by atoms with Crippen molar-refractivity contribution in [2.24, 2.45) is 0 Å². The van der Waals surface area contributed by atoms with Crippen LogP contribution in [0.2, 0.25) is 5.02 Å². The predicted molar refractivity (Wildman–Crippen MR) is 125 cm³/mol. The summed E-state index contributed by atoms with van der Waals surface area (Å²) < 4.78 is 55.5. The lowest BCUT2D eigenvalue weighted by Crippen LogP contribution is -2.22. The van der Waals surface area contributed by atoms with Crippen molar-refractivity contribution < 1.29 is 17.6 Å². The predicted octanol–water partition coefficient (Wildman–Crippen LogP) is 6.97. The second-order valence-electron chi connectivity index (χ2n) is 7.47. The highest BCUT2D eigenvalue weighted by Gasteiger charge is 2.31. The largest absolute Gasteiger partial charge is 0.416 e. The molecule has 0 saturated carbocycles. The molecule has 172 valence electrons. The first-order valence-electron chi connectivity index (χ1n) is 10.0. The van der Waals surface area contributed by atoms with E-state index in [-0.39, 0.29) is 32.7 Å². The number of halogens is 5. The third-order valence-corrected chi connectivity index (χ3v) is 6.65. The van der Waals surface area contributed by atoms with E-state index in [2.05, 4.69) is 9.97 Å². The third-order valence-electron chi connectivity index (χ3n) is 5.33. The average molecular weight is 504 g/mol. The number of benzene rings is 3. The van der Waals surface area contributed by atoms with Crippen molar-refractivity contribution in [3.63, 3.8) is 0 Å². The Kier molecular flexibility index (Phi) is 5.61. The Morgan fingerprint density at radius 2 is 1.79 bits per heavy atom. The lowest BCUT2D eigenvalue weighted by atomic mass is 10.2. The number of rotatable bonds is 4. The van der Waals surface area contributed by atoms with Gasteiger partial charge in [0, 0.05) is 27.2 Å². The molecular formula is C24H14ClF4N3OS. The molecule has 0 amide bonds. The third kappa shape index (κ3) is 3.95. The standard InChI is InChI=1S/C24H14ClF4N3OS/c25-17-8-4-9-18(26)16(17)12-34-23-31-20-15-7-1-2-10-19(15)30-21(20)22(33)32(23)14-6-3-5-13(11-14)24(27,28)29/h1-11,30H,12H2. The maximum atomic E-state index is 14.3. The maximum absolute atomic E-state index is 14.3. The first-order valence-corrected chi connectivity index (χ1v) is 11.4. The van der Waals surface area contributed by atoms with Crippen LogP contribution < -0.4 is 5.56 Å². The molecule has 2 heterocycles. The van der Waals surface area contributed by atoms with Gasteiger partial charge in [-0.2, -0.15) is 13.2 Å². The summed E-state index contributed by atoms with van der Waals surface area (Å²) in [7, 11) is 0. The Bertz CT molecular complexity index is 1590. The Balaban J connectivity index is 1.73. The van der Waals surface area contributed by atoms with Crippen molar-refractivity contribution in [3.8, 4) is 5.69 Å². The highest BCUT2D eigenvalue weighted by molar-refractivity contribution is 7.98. The van der Waals surface area contributed by atoms with Gasteiger partial charge >= 0.3 is 6.18 Å². The number of nitrogens with zero attached hydrogens (tertiary/aromatic N) is 2. The number of hydrogen-bond acceptors (Lipinski definition) is 3. The Labute approximate surface area is 199 Å². The molecule has 0 spiro atoms. The van der Waals surface area contributed by atoms with E-state index in [0.717, 1.165) is 28.5 Å². The van der Waals surface area contributed by atoms with Crippen LogP contribution in [0, 0.1) is 5.82 Å². The number of nitrogens with one attached hydrogen (secondary N) is 1. The minimum atomic E-state index is -4.59. The van der Waals surface area contributed by atoms with E-state index in [1.807, 2.05) is 0 Å². The van der Waals surface area contributed by atoms with Crippen LogP contribution in [0.5, 0.6) is 0 Å². The molecule has 0 bridgehead atoms. The van der Waals surface area contributed by atoms with E-state index in [9.17, 15) is 22.4 Å². The summed E-state index contributed by atoms with van der Waals surface area (Å²) in [5.41, 5.74) is -0.0627. The quantitative estimate of drug-likeness (QED) is 0.164. The molecule has 0 atom stereocenters. The van der Waals surface area contributed by atoms with Gasteiger partial charge < -0.3 is 4.98 Å². The Hall–Kier alpha value is -3.30. The van der Waals surface area contributed by atoms with Crippen molar-refractivity contribution in [3.05, 3.63) is 99.1 Å². The van der Waals surface area contributed by atoms with Gasteiger partial charge in [0.2, 0.25) is 0 Å². The summed E-state index contributed by atoms with van der Waals surface area (Å²) in [5.74, 6) is -0.508. The van der Waals surface area contributed by atoms with Gasteiger partial charge in [-0.1, -0.05) is 53.7 Å². The molecule has 0 saturated heterocycles. The van der Waals surface area contributed by atoms with Gasteiger partial charge in [-0.15, -0.1) is 0 Å². The van der Waals surface area contributed by atoms with Crippen LogP contribution in [-0.2, 0) is 11.9 Å². The van der Waals surface area contributed by atoms with E-state index in [4.69, 9.17) is 11.6 Å². The second kappa shape index (κ2) is 8.48. The van der Waals surface area contributed by atoms with Gasteiger partial charge in [0.1, 0.15) is 16.9 Å². The lowest BCUT2D eigenvalue weighted by Gasteiger charge is -2.14. The van der Waals surface area contributed by atoms with E-state index in [0.29, 0.717) is 16.4 Å². The van der Waals surface area contributed by atoms with Crippen molar-refractivity contribution in [1.29, 1.82) is 0 Å². The van der Waals surface area contributed by atoms with Gasteiger partial charge in [-0.3, -0.25) is 9.36 Å². The van der Waals surface area contributed by atoms with Crippen LogP contribution >= 0.6 is 23.4 Å². The molecular weight excluding hydrogens is 490 g/mol. The van der Waals surface area contributed by atoms with Crippen LogP contribution in [0.25, 0.3) is 27.6 Å². The van der Waals surface area contributed by atoms with Crippen LogP contribution in [-0.4, -0.2) is 14.5 Å². The fourth-order valence-corrected chi connectivity index (χ4v) is 5.04. The number of fused-ring (bicyclic) bond motifs is 3. The molecule has 0 fully saturated rings. The zero-order valence-corrected chi connectivity index (χ0v) is 18.7. The molecule has 34 heavy (non-hydrogen) atoms. The SMILES string of the molecule is O=c1c2[nH]c3ccccc3c2nc(SCc2c(F)cccc2Cl)n1-c1cccc(C(F)(F)F)c1. The summed E-state index contributed by atoms with van der Waals surface area (Å²) in [4.78, 5) is 21.1. The topological polar surface area (TPSA) is 50.7 Å². The number of aromatic amines is 1. The first kappa shape index (κ1) is 22.5. The van der Waals surface area contributed by atoms with Gasteiger partial charge in [-0.05, 0) is 36.4 Å². The summed E-state index contributed by atoms with van der Waals surface area (Å²) >= 11 is 7.15. The molecule has 0 aliphatic heterocycles. The van der Waals surface area contributed by atoms with E-state index in [1.54, 1.807) is 24.3 Å². The number of H-pyrrole nitrogens is 1. The molecule has 1 N–H and O–H groups in total. The molecule has 10 heteroatoms. The summed E-state index contributed by atoms with van der Waals surface area (Å²) in [6.07, 6.45) is -4.59. The number of thioether (sulfide) groups is 1. The van der Waals surface area contributed by atoms with Crippen LogP contribution in [0.1, 0.15) is 11.1 Å². The molecule has 0 unspecified atom stereocenters. The Morgan fingerprint density at radius 3 is 2.56 bits per heavy atom. The second-order valence-corrected chi connectivity index (χ2v) is 8.82. The molecule has 5 aromatic rings. The molecule has 0 radical (unpaired) electrons. The number of alkyl halides is 3. The zero-order chi connectivity index (χ0) is 24.0. The number of aromatic nitrogens is 3. The molecule has 0 aliphatic rings. The van der Waals surface area contributed by atoms with Crippen molar-refractivity contribution in [2.45, 2.75) is 17.1 Å². The maximum Gasteiger partial charge on any atom is 0.416 e. The van der Waals surface area contributed by atoms with E-state index in [1.165, 1.54) is 30.3 Å². The minimum Gasteiger partial charge on any atom is -0.349 e. The van der Waals surface area contributed by atoms with Crippen molar-refractivity contribution in [2.75, 3.05) is 0 Å². The molecule has 4 nitrogen and oxygen atoms in total. The summed E-state index contributed by atoms with van der Waals surface area (Å²) in [6.45, 7) is 0. The zero-order valence-electron chi connectivity index (χ0n) is 17.2. The van der Waals surface area contributed by atoms with Gasteiger partial charge in [0.05, 0.1) is 11.3 Å². The van der Waals surface area contributed by atoms with Crippen LogP contribution in [0.4, 0.5) is 17.6 Å². The molecule has 3 aromatic carbocycles. The number of hydrogen-bond donors (Lipinski definition) is 1. The molecule has 2 aromatic heterocycles. The first-order chi connectivity index (χ1) is 16.2. The van der Waals surface area contributed by atoms with E-state index >= 15 is 0 Å². The normalized spacial score (nSPS) is 12.0. The highest BCUT2D eigenvalue weighted by Crippen LogP contribution is 2.33. The fourth-order valence-electron chi connectivity index (χ4n) is 3.70. The van der Waals surface area contributed by atoms with Crippen LogP contribution in [0.15, 0.2) is 76.7 Å². The fraction of sp³-hybridized carbons (Fsp3) is 0.0833. The summed E-state index contributed by atoms with van der Waals surface area (Å²) in [5, 5.41) is 1.01. The number of para-hydroxylation sites is 1. The van der Waals surface area contributed by atoms with Crippen LogP contribution in [0.3, 0.4) is 0 Å². The average Bonchev–Trinajstić information content (AvgIpc) is 3.17. The summed E-state index contributed by atoms with van der Waals surface area (Å²) in [6, 6.07) is 15.9. The van der Waals surface area contributed by atoms with Gasteiger partial charge in [-0.25, -0.2) is 9.37 Å². The monoisotopic (exact) mass is 503 g/mol. The van der Waals surface area contributed by atoms with Gasteiger partial charge in [0.15, 0.2) is 5.16 Å². The van der Waals surface area contributed by atoms with Crippen molar-refractivity contribution in [1.82, 2.24) is 14.5 Å². The lowest BCUT2D eigenvalue weighted by molar-refractivity contribution is -0.137. The smallest absolute Gasteiger partial charge is 0.349 e. The highest BCUT2D eigenvalue weighted by atomic mass is 35.5. The minimum absolute atomic E-state index is 0.00462. The molecule has 5 rings (SSSR count). The molecule has 0 aliphatic carbocycles.